The van der Waals surface area contributed by atoms with Gasteiger partial charge in [-0.3, -0.25) is 4.79 Å². The highest BCUT2D eigenvalue weighted by molar-refractivity contribution is 5.74. The van der Waals surface area contributed by atoms with Gasteiger partial charge in [0, 0.05) is 19.5 Å². The number of nitrogens with zero attached hydrogens (tertiary/aromatic N) is 1. The summed E-state index contributed by atoms with van der Waals surface area (Å²) in [5.74, 6) is 0.233. The van der Waals surface area contributed by atoms with Gasteiger partial charge in [0.15, 0.2) is 0 Å². The van der Waals surface area contributed by atoms with Crippen molar-refractivity contribution in [2.75, 3.05) is 6.54 Å². The summed E-state index contributed by atoms with van der Waals surface area (Å²) in [7, 11) is 0. The topological polar surface area (TPSA) is 20.3 Å². The van der Waals surface area contributed by atoms with Gasteiger partial charge >= 0.3 is 0 Å². The number of carbonyl (C=O) groups excluding carboxylic acids is 1. The van der Waals surface area contributed by atoms with Crippen LogP contribution in [0.25, 0.3) is 0 Å². The number of piperidine rings is 1. The molecule has 2 bridgehead atoms. The molecule has 2 nitrogen and oxygen atoms in total. The van der Waals surface area contributed by atoms with Gasteiger partial charge in [-0.05, 0) is 35.8 Å². The second kappa shape index (κ2) is 3.59. The van der Waals surface area contributed by atoms with E-state index in [1.165, 1.54) is 11.1 Å². The average molecular weight is 229 g/mol. The Morgan fingerprint density at radius 1 is 1.41 bits per heavy atom. The van der Waals surface area contributed by atoms with Crippen molar-refractivity contribution in [1.29, 1.82) is 0 Å². The van der Waals surface area contributed by atoms with Crippen molar-refractivity contribution in [2.45, 2.75) is 44.6 Å². The lowest BCUT2D eigenvalue weighted by atomic mass is 9.65. The summed E-state index contributed by atoms with van der Waals surface area (Å²) in [6, 6.07) is 9.17. The highest BCUT2D eigenvalue weighted by atomic mass is 16.2. The molecular formula is C15H19NO. The molecule has 0 spiro atoms. The third-order valence-corrected chi connectivity index (χ3v) is 4.56. The van der Waals surface area contributed by atoms with Crippen molar-refractivity contribution in [3.63, 3.8) is 0 Å². The summed E-state index contributed by atoms with van der Waals surface area (Å²) in [6.45, 7) is 4.98. The summed E-state index contributed by atoms with van der Waals surface area (Å²) in [5, 5.41) is 0. The fraction of sp³-hybridized carbons (Fsp3) is 0.533. The Labute approximate surface area is 103 Å². The number of fused-ring (bicyclic) bond motifs is 4. The normalized spacial score (nSPS) is 30.9. The molecule has 2 unspecified atom stereocenters. The molecule has 1 aromatic carbocycles. The number of rotatable bonds is 0. The Kier molecular flexibility index (Phi) is 2.29. The monoisotopic (exact) mass is 229 g/mol. The lowest BCUT2D eigenvalue weighted by Crippen LogP contribution is -2.53. The Balaban J connectivity index is 2.03. The van der Waals surface area contributed by atoms with E-state index in [9.17, 15) is 4.79 Å². The Bertz CT molecular complexity index is 468. The van der Waals surface area contributed by atoms with Crippen LogP contribution in [0.1, 0.15) is 37.8 Å². The smallest absolute Gasteiger partial charge is 0.219 e. The van der Waals surface area contributed by atoms with Crippen LogP contribution in [0.15, 0.2) is 24.3 Å². The van der Waals surface area contributed by atoms with E-state index in [1.54, 1.807) is 6.92 Å². The second-order valence-corrected chi connectivity index (χ2v) is 5.74. The lowest BCUT2D eigenvalue weighted by Gasteiger charge is -2.49. The molecule has 2 heteroatoms. The summed E-state index contributed by atoms with van der Waals surface area (Å²) in [5.41, 5.74) is 3.24. The maximum Gasteiger partial charge on any atom is 0.219 e. The van der Waals surface area contributed by atoms with E-state index in [2.05, 4.69) is 36.1 Å². The number of hydrogen-bond donors (Lipinski definition) is 0. The predicted molar refractivity (Wildman–Crippen MR) is 67.9 cm³/mol. The van der Waals surface area contributed by atoms with Crippen molar-refractivity contribution >= 4 is 5.91 Å². The molecule has 0 N–H and O–H groups in total. The third-order valence-electron chi connectivity index (χ3n) is 4.56. The predicted octanol–water partition coefficient (Wildman–Crippen LogP) is 2.51. The van der Waals surface area contributed by atoms with Crippen LogP contribution in [0.4, 0.5) is 0 Å². The fourth-order valence-electron chi connectivity index (χ4n) is 3.66. The van der Waals surface area contributed by atoms with E-state index >= 15 is 0 Å². The van der Waals surface area contributed by atoms with Crippen molar-refractivity contribution in [1.82, 2.24) is 4.90 Å². The van der Waals surface area contributed by atoms with E-state index in [4.69, 9.17) is 0 Å². The first-order valence-corrected chi connectivity index (χ1v) is 6.46. The molecule has 2 aliphatic rings. The van der Waals surface area contributed by atoms with E-state index in [-0.39, 0.29) is 11.3 Å². The van der Waals surface area contributed by atoms with Crippen LogP contribution >= 0.6 is 0 Å². The molecule has 1 aliphatic heterocycles. The molecule has 1 heterocycles. The molecule has 2 atom stereocenters. The molecule has 17 heavy (non-hydrogen) atoms. The van der Waals surface area contributed by atoms with Gasteiger partial charge in [-0.1, -0.05) is 31.2 Å². The molecule has 1 amide bonds. The van der Waals surface area contributed by atoms with Crippen molar-refractivity contribution in [3.8, 4) is 0 Å². The number of benzene rings is 1. The molecule has 1 saturated heterocycles. The van der Waals surface area contributed by atoms with Crippen LogP contribution in [0.2, 0.25) is 0 Å². The van der Waals surface area contributed by atoms with Gasteiger partial charge in [0.05, 0.1) is 0 Å². The third kappa shape index (κ3) is 1.58. The van der Waals surface area contributed by atoms with Gasteiger partial charge in [-0.25, -0.2) is 0 Å². The van der Waals surface area contributed by atoms with Gasteiger partial charge in [0.1, 0.15) is 0 Å². The largest absolute Gasteiger partial charge is 0.340 e. The molecular weight excluding hydrogens is 210 g/mol. The van der Waals surface area contributed by atoms with Gasteiger partial charge in [0.2, 0.25) is 5.91 Å². The second-order valence-electron chi connectivity index (χ2n) is 5.74. The van der Waals surface area contributed by atoms with Gasteiger partial charge < -0.3 is 4.90 Å². The maximum absolute atomic E-state index is 11.6. The number of likely N-dealkylation sites (tertiary alicyclic amines) is 1. The molecule has 0 saturated carbocycles. The summed E-state index contributed by atoms with van der Waals surface area (Å²) < 4.78 is 0. The van der Waals surface area contributed by atoms with E-state index < -0.39 is 0 Å². The Hall–Kier alpha value is -1.31. The molecule has 3 rings (SSSR count). The van der Waals surface area contributed by atoms with Crippen LogP contribution < -0.4 is 0 Å². The first-order valence-electron chi connectivity index (χ1n) is 6.46. The average Bonchev–Trinajstić information content (AvgIpc) is 2.28. The van der Waals surface area contributed by atoms with E-state index in [0.717, 1.165) is 25.8 Å². The quantitative estimate of drug-likeness (QED) is 0.669. The maximum atomic E-state index is 11.6. The first-order chi connectivity index (χ1) is 8.10. The minimum Gasteiger partial charge on any atom is -0.340 e. The van der Waals surface area contributed by atoms with Crippen LogP contribution in [0.5, 0.6) is 0 Å². The summed E-state index contributed by atoms with van der Waals surface area (Å²) in [4.78, 5) is 13.7. The number of amides is 1. The standard InChI is InChI=1S/C15H19NO/c1-11(17)16-8-7-15(2)10-13(16)9-12-5-3-4-6-14(12)15/h3-6,13H,7-10H2,1-2H3. The first kappa shape index (κ1) is 10.8. The van der Waals surface area contributed by atoms with Crippen LogP contribution in [0, 0.1) is 0 Å². The molecule has 1 aliphatic carbocycles. The molecule has 1 aromatic rings. The number of carbonyl (C=O) groups is 1. The van der Waals surface area contributed by atoms with Gasteiger partial charge in [-0.2, -0.15) is 0 Å². The summed E-state index contributed by atoms with van der Waals surface area (Å²) in [6.07, 6.45) is 3.26. The van der Waals surface area contributed by atoms with Gasteiger partial charge in [-0.15, -0.1) is 0 Å². The van der Waals surface area contributed by atoms with Crippen molar-refractivity contribution in [2.24, 2.45) is 0 Å². The molecule has 90 valence electrons. The zero-order valence-electron chi connectivity index (χ0n) is 10.6. The minimum absolute atomic E-state index is 0.233. The zero-order valence-corrected chi connectivity index (χ0v) is 10.6. The summed E-state index contributed by atoms with van der Waals surface area (Å²) >= 11 is 0. The number of hydrogen-bond acceptors (Lipinski definition) is 1. The SMILES string of the molecule is CC(=O)N1CCC2(C)CC1Cc1ccccc12. The zero-order chi connectivity index (χ0) is 12.0. The van der Waals surface area contributed by atoms with Crippen molar-refractivity contribution in [3.05, 3.63) is 35.4 Å². The minimum atomic E-state index is 0.233. The Morgan fingerprint density at radius 3 is 2.94 bits per heavy atom. The fourth-order valence-corrected chi connectivity index (χ4v) is 3.66. The molecule has 0 aromatic heterocycles. The highest BCUT2D eigenvalue weighted by Crippen LogP contribution is 2.44. The van der Waals surface area contributed by atoms with Crippen molar-refractivity contribution < 1.29 is 4.79 Å². The lowest BCUT2D eigenvalue weighted by molar-refractivity contribution is -0.133. The van der Waals surface area contributed by atoms with E-state index in [1.807, 2.05) is 0 Å². The van der Waals surface area contributed by atoms with Crippen LogP contribution in [-0.2, 0) is 16.6 Å². The van der Waals surface area contributed by atoms with Gasteiger partial charge in [0.25, 0.3) is 0 Å². The van der Waals surface area contributed by atoms with Crippen LogP contribution in [0.3, 0.4) is 0 Å². The Morgan fingerprint density at radius 2 is 2.18 bits per heavy atom. The molecule has 1 fully saturated rings. The van der Waals surface area contributed by atoms with Crippen LogP contribution in [-0.4, -0.2) is 23.4 Å². The van der Waals surface area contributed by atoms with E-state index in [0.29, 0.717) is 6.04 Å². The highest BCUT2D eigenvalue weighted by Gasteiger charge is 2.43. The molecule has 0 radical (unpaired) electrons.